The van der Waals surface area contributed by atoms with E-state index < -0.39 is 0 Å². The fourth-order valence-electron chi connectivity index (χ4n) is 2.77. The summed E-state index contributed by atoms with van der Waals surface area (Å²) in [7, 11) is 0. The van der Waals surface area contributed by atoms with E-state index in [2.05, 4.69) is 24.1 Å². The number of likely N-dealkylation sites (tertiary alicyclic amines) is 1. The molecular formula is C16H25N3O. The number of piperidine rings is 1. The van der Waals surface area contributed by atoms with Crippen LogP contribution in [0.2, 0.25) is 0 Å². The lowest BCUT2D eigenvalue weighted by molar-refractivity contribution is 0.0923. The number of nitrogens with two attached hydrogens (primary N) is 1. The van der Waals surface area contributed by atoms with Crippen molar-refractivity contribution in [2.75, 3.05) is 25.4 Å². The third-order valence-electron chi connectivity index (χ3n) is 4.04. The first-order valence-corrected chi connectivity index (χ1v) is 7.44. The molecule has 4 nitrogen and oxygen atoms in total. The van der Waals surface area contributed by atoms with Gasteiger partial charge in [0, 0.05) is 24.8 Å². The topological polar surface area (TPSA) is 58.4 Å². The van der Waals surface area contributed by atoms with Gasteiger partial charge in [-0.15, -0.1) is 0 Å². The summed E-state index contributed by atoms with van der Waals surface area (Å²) < 4.78 is 0. The number of nitrogens with one attached hydrogen (secondary N) is 1. The summed E-state index contributed by atoms with van der Waals surface area (Å²) >= 11 is 0. The van der Waals surface area contributed by atoms with Crippen LogP contribution < -0.4 is 11.1 Å². The van der Waals surface area contributed by atoms with Gasteiger partial charge in [-0.25, -0.2) is 0 Å². The summed E-state index contributed by atoms with van der Waals surface area (Å²) in [6.07, 6.45) is 2.40. The molecule has 0 saturated carbocycles. The number of nitrogens with zero attached hydrogens (tertiary/aromatic N) is 1. The molecule has 0 radical (unpaired) electrons. The summed E-state index contributed by atoms with van der Waals surface area (Å²) in [5.74, 6) is 0.477. The van der Waals surface area contributed by atoms with E-state index in [1.54, 1.807) is 12.1 Å². The molecule has 1 atom stereocenters. The highest BCUT2D eigenvalue weighted by molar-refractivity contribution is 5.99. The Bertz CT molecular complexity index is 459. The number of anilines is 1. The van der Waals surface area contributed by atoms with Gasteiger partial charge in [0.1, 0.15) is 0 Å². The highest BCUT2D eigenvalue weighted by Gasteiger charge is 2.22. The Morgan fingerprint density at radius 2 is 2.20 bits per heavy atom. The first-order valence-electron chi connectivity index (χ1n) is 7.44. The SMILES string of the molecule is CC(C)N1CCCC(CNC(=O)c2ccccc2N)C1. The van der Waals surface area contributed by atoms with Gasteiger partial charge >= 0.3 is 0 Å². The molecule has 1 unspecified atom stereocenters. The Balaban J connectivity index is 1.86. The summed E-state index contributed by atoms with van der Waals surface area (Å²) in [5, 5.41) is 3.02. The predicted molar refractivity (Wildman–Crippen MR) is 82.6 cm³/mol. The van der Waals surface area contributed by atoms with E-state index in [0.717, 1.165) is 13.1 Å². The summed E-state index contributed by atoms with van der Waals surface area (Å²) in [6.45, 7) is 7.43. The fraction of sp³-hybridized carbons (Fsp3) is 0.562. The maximum atomic E-state index is 12.1. The average molecular weight is 275 g/mol. The Morgan fingerprint density at radius 3 is 2.90 bits per heavy atom. The Labute approximate surface area is 121 Å². The van der Waals surface area contributed by atoms with E-state index in [9.17, 15) is 4.79 Å². The lowest BCUT2D eigenvalue weighted by Gasteiger charge is -2.35. The number of hydrogen-bond acceptors (Lipinski definition) is 3. The normalized spacial score (nSPS) is 20.1. The molecule has 3 N–H and O–H groups in total. The molecule has 2 rings (SSSR count). The number of rotatable bonds is 4. The number of hydrogen-bond donors (Lipinski definition) is 2. The van der Waals surface area contributed by atoms with Crippen LogP contribution in [-0.4, -0.2) is 36.5 Å². The minimum Gasteiger partial charge on any atom is -0.398 e. The molecule has 0 aromatic heterocycles. The van der Waals surface area contributed by atoms with Crippen molar-refractivity contribution in [1.82, 2.24) is 10.2 Å². The zero-order valence-corrected chi connectivity index (χ0v) is 12.4. The molecule has 1 saturated heterocycles. The summed E-state index contributed by atoms with van der Waals surface area (Å²) in [4.78, 5) is 14.6. The van der Waals surface area contributed by atoms with Crippen LogP contribution in [0.1, 0.15) is 37.0 Å². The molecule has 1 fully saturated rings. The molecular weight excluding hydrogens is 250 g/mol. The first-order chi connectivity index (χ1) is 9.58. The van der Waals surface area contributed by atoms with E-state index in [1.807, 2.05) is 12.1 Å². The quantitative estimate of drug-likeness (QED) is 0.828. The van der Waals surface area contributed by atoms with Crippen molar-refractivity contribution in [3.05, 3.63) is 29.8 Å². The van der Waals surface area contributed by atoms with Crippen molar-refractivity contribution < 1.29 is 4.79 Å². The average Bonchev–Trinajstić information content (AvgIpc) is 2.45. The molecule has 1 heterocycles. The van der Waals surface area contributed by atoms with Gasteiger partial charge in [-0.05, 0) is 51.3 Å². The van der Waals surface area contributed by atoms with Gasteiger partial charge in [-0.2, -0.15) is 0 Å². The second-order valence-electron chi connectivity index (χ2n) is 5.89. The molecule has 0 aliphatic carbocycles. The highest BCUT2D eigenvalue weighted by atomic mass is 16.1. The Hall–Kier alpha value is -1.55. The van der Waals surface area contributed by atoms with Crippen molar-refractivity contribution in [2.24, 2.45) is 5.92 Å². The van der Waals surface area contributed by atoms with E-state index in [4.69, 9.17) is 5.73 Å². The molecule has 0 bridgehead atoms. The second kappa shape index (κ2) is 6.75. The van der Waals surface area contributed by atoms with Crippen molar-refractivity contribution >= 4 is 11.6 Å². The molecule has 1 aliphatic rings. The van der Waals surface area contributed by atoms with Crippen LogP contribution in [-0.2, 0) is 0 Å². The van der Waals surface area contributed by atoms with Gasteiger partial charge in [-0.3, -0.25) is 4.79 Å². The van der Waals surface area contributed by atoms with Crippen LogP contribution >= 0.6 is 0 Å². The lowest BCUT2D eigenvalue weighted by Crippen LogP contribution is -2.43. The highest BCUT2D eigenvalue weighted by Crippen LogP contribution is 2.18. The molecule has 1 aliphatic heterocycles. The number of benzene rings is 1. The number of carbonyl (C=O) groups is 1. The zero-order chi connectivity index (χ0) is 14.5. The van der Waals surface area contributed by atoms with Crippen molar-refractivity contribution in [2.45, 2.75) is 32.7 Å². The minimum atomic E-state index is -0.0650. The van der Waals surface area contributed by atoms with E-state index in [-0.39, 0.29) is 5.91 Å². The van der Waals surface area contributed by atoms with Crippen LogP contribution in [0.4, 0.5) is 5.69 Å². The molecule has 1 aromatic carbocycles. The standard InChI is InChI=1S/C16H25N3O/c1-12(2)19-9-5-6-13(11-19)10-18-16(20)14-7-3-4-8-15(14)17/h3-4,7-8,12-13H,5-6,9-11,17H2,1-2H3,(H,18,20). The maximum absolute atomic E-state index is 12.1. The van der Waals surface area contributed by atoms with E-state index >= 15 is 0 Å². The molecule has 110 valence electrons. The third kappa shape index (κ3) is 3.73. The van der Waals surface area contributed by atoms with E-state index in [1.165, 1.54) is 19.4 Å². The van der Waals surface area contributed by atoms with Gasteiger partial charge < -0.3 is 16.0 Å². The largest absolute Gasteiger partial charge is 0.398 e. The molecule has 0 spiro atoms. The fourth-order valence-corrected chi connectivity index (χ4v) is 2.77. The van der Waals surface area contributed by atoms with Crippen LogP contribution in [0.25, 0.3) is 0 Å². The molecule has 1 aromatic rings. The molecule has 1 amide bonds. The van der Waals surface area contributed by atoms with Crippen molar-refractivity contribution in [3.63, 3.8) is 0 Å². The minimum absolute atomic E-state index is 0.0650. The van der Waals surface area contributed by atoms with E-state index in [0.29, 0.717) is 23.2 Å². The number of para-hydroxylation sites is 1. The lowest BCUT2D eigenvalue weighted by atomic mass is 9.97. The smallest absolute Gasteiger partial charge is 0.253 e. The number of amides is 1. The van der Waals surface area contributed by atoms with Gasteiger partial charge in [-0.1, -0.05) is 12.1 Å². The predicted octanol–water partition coefficient (Wildman–Crippen LogP) is 2.12. The Morgan fingerprint density at radius 1 is 1.45 bits per heavy atom. The number of nitrogen functional groups attached to an aromatic ring is 1. The number of carbonyl (C=O) groups excluding carboxylic acids is 1. The maximum Gasteiger partial charge on any atom is 0.253 e. The third-order valence-corrected chi connectivity index (χ3v) is 4.04. The van der Waals surface area contributed by atoms with Crippen LogP contribution in [0.15, 0.2) is 24.3 Å². The van der Waals surface area contributed by atoms with Crippen molar-refractivity contribution in [3.8, 4) is 0 Å². The van der Waals surface area contributed by atoms with Crippen LogP contribution in [0.5, 0.6) is 0 Å². The molecule has 4 heteroatoms. The van der Waals surface area contributed by atoms with Gasteiger partial charge in [0.25, 0.3) is 5.91 Å². The van der Waals surface area contributed by atoms with Gasteiger partial charge in [0.2, 0.25) is 0 Å². The zero-order valence-electron chi connectivity index (χ0n) is 12.4. The van der Waals surface area contributed by atoms with Gasteiger partial charge in [0.05, 0.1) is 5.56 Å². The van der Waals surface area contributed by atoms with Gasteiger partial charge in [0.15, 0.2) is 0 Å². The van der Waals surface area contributed by atoms with Crippen molar-refractivity contribution in [1.29, 1.82) is 0 Å². The summed E-state index contributed by atoms with van der Waals surface area (Å²) in [5.41, 5.74) is 6.94. The summed E-state index contributed by atoms with van der Waals surface area (Å²) in [6, 6.07) is 7.79. The van der Waals surface area contributed by atoms with Crippen LogP contribution in [0.3, 0.4) is 0 Å². The first kappa shape index (κ1) is 14.9. The monoisotopic (exact) mass is 275 g/mol. The molecule has 20 heavy (non-hydrogen) atoms. The van der Waals surface area contributed by atoms with Crippen LogP contribution in [0, 0.1) is 5.92 Å². The Kier molecular flexibility index (Phi) is 5.01. The second-order valence-corrected chi connectivity index (χ2v) is 5.89.